The highest BCUT2D eigenvalue weighted by Crippen LogP contribution is 2.39. The summed E-state index contributed by atoms with van der Waals surface area (Å²) in [5.74, 6) is 2.19. The van der Waals surface area contributed by atoms with Crippen LogP contribution >= 0.6 is 27.7 Å². The molecule has 102 valence electrons. The van der Waals surface area contributed by atoms with Crippen molar-refractivity contribution in [3.05, 3.63) is 28.5 Å². The number of hydrogen-bond donors (Lipinski definition) is 0. The standard InChI is InChI=1S/C12H14BrN3O2S/c1-16-7-14-15-12(16)19-6-8-4-5-9(17-2)11(18-3)10(8)13/h4-5,7H,6H2,1-3H3. The number of benzene rings is 1. The van der Waals surface area contributed by atoms with E-state index in [9.17, 15) is 0 Å². The Bertz CT molecular complexity index is 574. The van der Waals surface area contributed by atoms with Gasteiger partial charge in [0.25, 0.3) is 0 Å². The summed E-state index contributed by atoms with van der Waals surface area (Å²) in [5, 5.41) is 8.77. The van der Waals surface area contributed by atoms with Gasteiger partial charge in [0.2, 0.25) is 0 Å². The molecule has 0 N–H and O–H groups in total. The molecule has 0 aliphatic heterocycles. The molecule has 0 saturated heterocycles. The Morgan fingerprint density at radius 3 is 2.68 bits per heavy atom. The van der Waals surface area contributed by atoms with Crippen LogP contribution in [-0.4, -0.2) is 29.0 Å². The van der Waals surface area contributed by atoms with Gasteiger partial charge in [0.1, 0.15) is 6.33 Å². The minimum Gasteiger partial charge on any atom is -0.493 e. The first-order chi connectivity index (χ1) is 9.17. The normalized spacial score (nSPS) is 10.5. The molecular weight excluding hydrogens is 330 g/mol. The molecule has 0 radical (unpaired) electrons. The van der Waals surface area contributed by atoms with E-state index in [1.54, 1.807) is 32.3 Å². The van der Waals surface area contributed by atoms with Gasteiger partial charge in [-0.1, -0.05) is 17.8 Å². The number of ether oxygens (including phenoxy) is 2. The first-order valence-corrected chi connectivity index (χ1v) is 7.31. The highest BCUT2D eigenvalue weighted by molar-refractivity contribution is 9.10. The SMILES string of the molecule is COc1ccc(CSc2nncn2C)c(Br)c1OC. The van der Waals surface area contributed by atoms with E-state index in [2.05, 4.69) is 26.1 Å². The quantitative estimate of drug-likeness (QED) is 0.781. The Labute approximate surface area is 124 Å². The van der Waals surface area contributed by atoms with Crippen LogP contribution in [0.4, 0.5) is 0 Å². The predicted molar refractivity (Wildman–Crippen MR) is 77.8 cm³/mol. The summed E-state index contributed by atoms with van der Waals surface area (Å²) < 4.78 is 13.4. The number of aromatic nitrogens is 3. The molecule has 0 aliphatic carbocycles. The zero-order valence-electron chi connectivity index (χ0n) is 10.9. The highest BCUT2D eigenvalue weighted by Gasteiger charge is 2.13. The van der Waals surface area contributed by atoms with E-state index in [-0.39, 0.29) is 0 Å². The molecule has 0 spiro atoms. The maximum Gasteiger partial charge on any atom is 0.191 e. The molecule has 0 atom stereocenters. The van der Waals surface area contributed by atoms with E-state index in [1.165, 1.54) is 0 Å². The van der Waals surface area contributed by atoms with Crippen molar-refractivity contribution in [2.45, 2.75) is 10.9 Å². The molecule has 2 aromatic rings. The Hall–Kier alpha value is -1.21. The van der Waals surface area contributed by atoms with Crippen LogP contribution in [-0.2, 0) is 12.8 Å². The maximum absolute atomic E-state index is 5.35. The maximum atomic E-state index is 5.35. The van der Waals surface area contributed by atoms with Gasteiger partial charge in [0.05, 0.1) is 18.7 Å². The summed E-state index contributed by atoms with van der Waals surface area (Å²) in [6.07, 6.45) is 1.69. The number of rotatable bonds is 5. The highest BCUT2D eigenvalue weighted by atomic mass is 79.9. The first kappa shape index (κ1) is 14.2. The van der Waals surface area contributed by atoms with Crippen LogP contribution in [0.2, 0.25) is 0 Å². The molecule has 5 nitrogen and oxygen atoms in total. The smallest absolute Gasteiger partial charge is 0.191 e. The molecule has 1 aromatic heterocycles. The topological polar surface area (TPSA) is 49.2 Å². The molecule has 0 saturated carbocycles. The van der Waals surface area contributed by atoms with Crippen LogP contribution in [0, 0.1) is 0 Å². The fourth-order valence-corrected chi connectivity index (χ4v) is 3.28. The largest absolute Gasteiger partial charge is 0.493 e. The number of thioether (sulfide) groups is 1. The van der Waals surface area contributed by atoms with Crippen molar-refractivity contribution >= 4 is 27.7 Å². The molecule has 1 heterocycles. The van der Waals surface area contributed by atoms with Crippen molar-refractivity contribution in [2.75, 3.05) is 14.2 Å². The molecule has 7 heteroatoms. The molecule has 0 fully saturated rings. The van der Waals surface area contributed by atoms with E-state index in [0.717, 1.165) is 20.9 Å². The minimum atomic E-state index is 0.707. The van der Waals surface area contributed by atoms with Gasteiger partial charge in [0.15, 0.2) is 16.7 Å². The average molecular weight is 344 g/mol. The van der Waals surface area contributed by atoms with Crippen molar-refractivity contribution in [1.29, 1.82) is 0 Å². The van der Waals surface area contributed by atoms with E-state index >= 15 is 0 Å². The molecule has 0 bridgehead atoms. The van der Waals surface area contributed by atoms with Crippen LogP contribution in [0.25, 0.3) is 0 Å². The Morgan fingerprint density at radius 2 is 2.11 bits per heavy atom. The summed E-state index contributed by atoms with van der Waals surface area (Å²) >= 11 is 5.17. The lowest BCUT2D eigenvalue weighted by Gasteiger charge is -2.12. The second-order valence-electron chi connectivity index (χ2n) is 3.79. The van der Waals surface area contributed by atoms with Crippen LogP contribution in [0.15, 0.2) is 28.1 Å². The van der Waals surface area contributed by atoms with Crippen molar-refractivity contribution < 1.29 is 9.47 Å². The predicted octanol–water partition coefficient (Wildman–Crippen LogP) is 2.89. The third-order valence-corrected chi connectivity index (χ3v) is 4.54. The molecule has 0 unspecified atom stereocenters. The molecule has 0 aliphatic rings. The fraction of sp³-hybridized carbons (Fsp3) is 0.333. The average Bonchev–Trinajstić information content (AvgIpc) is 2.82. The molecule has 19 heavy (non-hydrogen) atoms. The van der Waals surface area contributed by atoms with Gasteiger partial charge in [-0.25, -0.2) is 0 Å². The van der Waals surface area contributed by atoms with Gasteiger partial charge in [-0.15, -0.1) is 10.2 Å². The lowest BCUT2D eigenvalue weighted by molar-refractivity contribution is 0.353. The summed E-state index contributed by atoms with van der Waals surface area (Å²) in [5.41, 5.74) is 1.12. The van der Waals surface area contributed by atoms with Crippen LogP contribution < -0.4 is 9.47 Å². The molecular formula is C12H14BrN3O2S. The zero-order chi connectivity index (χ0) is 13.8. The number of methoxy groups -OCH3 is 2. The second-order valence-corrected chi connectivity index (χ2v) is 5.52. The Balaban J connectivity index is 2.19. The summed E-state index contributed by atoms with van der Waals surface area (Å²) in [6.45, 7) is 0. The third kappa shape index (κ3) is 3.03. The van der Waals surface area contributed by atoms with Crippen LogP contribution in [0.1, 0.15) is 5.56 Å². The Kier molecular flexibility index (Phi) is 4.71. The molecule has 0 amide bonds. The van der Waals surface area contributed by atoms with Gasteiger partial charge >= 0.3 is 0 Å². The number of nitrogens with zero attached hydrogens (tertiary/aromatic N) is 3. The van der Waals surface area contributed by atoms with Gasteiger partial charge in [0, 0.05) is 12.8 Å². The van der Waals surface area contributed by atoms with Crippen molar-refractivity contribution in [2.24, 2.45) is 7.05 Å². The number of hydrogen-bond acceptors (Lipinski definition) is 5. The number of halogens is 1. The van der Waals surface area contributed by atoms with Gasteiger partial charge in [-0.05, 0) is 27.6 Å². The van der Waals surface area contributed by atoms with E-state index < -0.39 is 0 Å². The first-order valence-electron chi connectivity index (χ1n) is 5.53. The Morgan fingerprint density at radius 1 is 1.32 bits per heavy atom. The van der Waals surface area contributed by atoms with Crippen molar-refractivity contribution in [1.82, 2.24) is 14.8 Å². The van der Waals surface area contributed by atoms with Crippen LogP contribution in [0.3, 0.4) is 0 Å². The lowest BCUT2D eigenvalue weighted by atomic mass is 10.2. The fourth-order valence-electron chi connectivity index (χ4n) is 1.59. The number of aryl methyl sites for hydroxylation is 1. The monoisotopic (exact) mass is 343 g/mol. The van der Waals surface area contributed by atoms with Crippen LogP contribution in [0.5, 0.6) is 11.5 Å². The molecule has 1 aromatic carbocycles. The van der Waals surface area contributed by atoms with Gasteiger partial charge < -0.3 is 14.0 Å². The van der Waals surface area contributed by atoms with E-state index in [1.807, 2.05) is 23.7 Å². The third-order valence-electron chi connectivity index (χ3n) is 2.59. The zero-order valence-corrected chi connectivity index (χ0v) is 13.3. The van der Waals surface area contributed by atoms with Crippen molar-refractivity contribution in [3.8, 4) is 11.5 Å². The second kappa shape index (κ2) is 6.29. The summed E-state index contributed by atoms with van der Waals surface area (Å²) in [7, 11) is 5.17. The van der Waals surface area contributed by atoms with E-state index in [4.69, 9.17) is 9.47 Å². The van der Waals surface area contributed by atoms with Gasteiger partial charge in [-0.2, -0.15) is 0 Å². The van der Waals surface area contributed by atoms with Crippen molar-refractivity contribution in [3.63, 3.8) is 0 Å². The summed E-state index contributed by atoms with van der Waals surface area (Å²) in [6, 6.07) is 3.91. The van der Waals surface area contributed by atoms with Gasteiger partial charge in [-0.3, -0.25) is 0 Å². The van der Waals surface area contributed by atoms with E-state index in [0.29, 0.717) is 11.5 Å². The lowest BCUT2D eigenvalue weighted by Crippen LogP contribution is -1.95. The minimum absolute atomic E-state index is 0.707. The molecule has 2 rings (SSSR count). The summed E-state index contributed by atoms with van der Waals surface area (Å²) in [4.78, 5) is 0.